The maximum Gasteiger partial charge on any atom is 0.254 e. The van der Waals surface area contributed by atoms with Crippen LogP contribution in [0.3, 0.4) is 0 Å². The van der Waals surface area contributed by atoms with Crippen molar-refractivity contribution >= 4 is 17.6 Å². The van der Waals surface area contributed by atoms with E-state index < -0.39 is 12.0 Å². The Hall–Kier alpha value is -3.67. The van der Waals surface area contributed by atoms with Gasteiger partial charge in [-0.05, 0) is 48.4 Å². The zero-order valence-electron chi connectivity index (χ0n) is 17.1. The fourth-order valence-corrected chi connectivity index (χ4v) is 3.99. The Kier molecular flexibility index (Phi) is 5.23. The van der Waals surface area contributed by atoms with Crippen molar-refractivity contribution in [3.63, 3.8) is 0 Å². The summed E-state index contributed by atoms with van der Waals surface area (Å²) in [4.78, 5) is 32.6. The van der Waals surface area contributed by atoms with Crippen LogP contribution in [-0.2, 0) is 4.79 Å². The van der Waals surface area contributed by atoms with E-state index in [1.54, 1.807) is 31.2 Å². The molecule has 0 saturated heterocycles. The van der Waals surface area contributed by atoms with E-state index >= 15 is 0 Å². The molecular formula is C24H23N3O3. The second kappa shape index (κ2) is 7.99. The number of methoxy groups -OCH3 is 1. The van der Waals surface area contributed by atoms with Crippen LogP contribution in [0.1, 0.15) is 39.1 Å². The first-order valence-electron chi connectivity index (χ1n) is 9.74. The lowest BCUT2D eigenvalue weighted by molar-refractivity contribution is -0.119. The van der Waals surface area contributed by atoms with Gasteiger partial charge in [0, 0.05) is 18.3 Å². The van der Waals surface area contributed by atoms with Crippen LogP contribution in [0, 0.1) is 6.92 Å². The number of amides is 2. The van der Waals surface area contributed by atoms with E-state index in [0.717, 1.165) is 11.3 Å². The molecule has 2 amide bonds. The summed E-state index contributed by atoms with van der Waals surface area (Å²) in [5, 5.41) is 2.94. The summed E-state index contributed by atoms with van der Waals surface area (Å²) in [6, 6.07) is 19.8. The van der Waals surface area contributed by atoms with Gasteiger partial charge in [0.05, 0.1) is 19.1 Å². The third kappa shape index (κ3) is 3.52. The third-order valence-corrected chi connectivity index (χ3v) is 5.46. The minimum atomic E-state index is -0.584. The number of fused-ring (bicyclic) bond motifs is 1. The molecule has 1 aliphatic heterocycles. The summed E-state index contributed by atoms with van der Waals surface area (Å²) in [5.74, 6) is 0.309. The fourth-order valence-electron chi connectivity index (χ4n) is 3.99. The SMILES string of the molecule is COc1ccc([C@H]2[C@H](C(=O)Nc3cccc(C)n3)c3ccccc3C(=O)N2C)cc1. The Morgan fingerprint density at radius 2 is 1.77 bits per heavy atom. The van der Waals surface area contributed by atoms with Crippen LogP contribution in [-0.4, -0.2) is 35.9 Å². The minimum Gasteiger partial charge on any atom is -0.497 e. The number of hydrogen-bond donors (Lipinski definition) is 1. The van der Waals surface area contributed by atoms with Crippen molar-refractivity contribution in [3.05, 3.63) is 89.1 Å². The van der Waals surface area contributed by atoms with E-state index in [9.17, 15) is 9.59 Å². The van der Waals surface area contributed by atoms with E-state index in [1.165, 1.54) is 0 Å². The molecule has 1 N–H and O–H groups in total. The van der Waals surface area contributed by atoms with Crippen molar-refractivity contribution in [2.24, 2.45) is 0 Å². The number of anilines is 1. The Labute approximate surface area is 175 Å². The van der Waals surface area contributed by atoms with Crippen LogP contribution in [0.25, 0.3) is 0 Å². The highest BCUT2D eigenvalue weighted by atomic mass is 16.5. The molecule has 1 aliphatic rings. The van der Waals surface area contributed by atoms with Gasteiger partial charge in [-0.25, -0.2) is 4.98 Å². The Balaban J connectivity index is 1.79. The van der Waals surface area contributed by atoms with E-state index in [2.05, 4.69) is 10.3 Å². The number of nitrogens with one attached hydrogen (secondary N) is 1. The Morgan fingerprint density at radius 1 is 1.03 bits per heavy atom. The standard InChI is InChI=1S/C24H23N3O3/c1-15-7-6-10-20(25-15)26-23(28)21-18-8-4-5-9-19(18)24(29)27(2)22(21)16-11-13-17(30-3)14-12-16/h4-14,21-22H,1-3H3,(H,25,26,28)/t21-,22+/m1/s1. The van der Waals surface area contributed by atoms with Crippen molar-refractivity contribution in [2.75, 3.05) is 19.5 Å². The van der Waals surface area contributed by atoms with E-state index in [4.69, 9.17) is 4.74 Å². The Morgan fingerprint density at radius 3 is 2.47 bits per heavy atom. The highest BCUT2D eigenvalue weighted by molar-refractivity contribution is 6.04. The predicted octanol–water partition coefficient (Wildman–Crippen LogP) is 3.95. The monoisotopic (exact) mass is 401 g/mol. The lowest BCUT2D eigenvalue weighted by Gasteiger charge is -2.39. The number of carbonyl (C=O) groups excluding carboxylic acids is 2. The predicted molar refractivity (Wildman–Crippen MR) is 115 cm³/mol. The van der Waals surface area contributed by atoms with Crippen molar-refractivity contribution < 1.29 is 14.3 Å². The molecule has 6 heteroatoms. The topological polar surface area (TPSA) is 71.5 Å². The van der Waals surface area contributed by atoms with Crippen LogP contribution >= 0.6 is 0 Å². The van der Waals surface area contributed by atoms with Gasteiger partial charge in [0.2, 0.25) is 5.91 Å². The van der Waals surface area contributed by atoms with Gasteiger partial charge in [-0.1, -0.05) is 36.4 Å². The maximum atomic E-state index is 13.5. The number of aromatic nitrogens is 1. The number of ether oxygens (including phenoxy) is 1. The van der Waals surface area contributed by atoms with Gasteiger partial charge >= 0.3 is 0 Å². The van der Waals surface area contributed by atoms with Gasteiger partial charge in [-0.15, -0.1) is 0 Å². The van der Waals surface area contributed by atoms with Gasteiger partial charge < -0.3 is 15.0 Å². The van der Waals surface area contributed by atoms with Gasteiger partial charge in [-0.3, -0.25) is 9.59 Å². The smallest absolute Gasteiger partial charge is 0.254 e. The molecule has 0 bridgehead atoms. The van der Waals surface area contributed by atoms with Crippen LogP contribution in [0.15, 0.2) is 66.7 Å². The van der Waals surface area contributed by atoms with Gasteiger partial charge in [0.1, 0.15) is 11.6 Å². The fraction of sp³-hybridized carbons (Fsp3) is 0.208. The maximum absolute atomic E-state index is 13.5. The molecule has 152 valence electrons. The molecule has 2 atom stereocenters. The molecule has 0 saturated carbocycles. The van der Waals surface area contributed by atoms with Crippen molar-refractivity contribution in [1.29, 1.82) is 0 Å². The molecule has 4 rings (SSSR count). The first-order valence-corrected chi connectivity index (χ1v) is 9.74. The summed E-state index contributed by atoms with van der Waals surface area (Å²) in [7, 11) is 3.34. The lowest BCUT2D eigenvalue weighted by Crippen LogP contribution is -2.44. The zero-order valence-corrected chi connectivity index (χ0v) is 17.1. The van der Waals surface area contributed by atoms with Crippen LogP contribution in [0.2, 0.25) is 0 Å². The largest absolute Gasteiger partial charge is 0.497 e. The molecule has 0 unspecified atom stereocenters. The second-order valence-corrected chi connectivity index (χ2v) is 7.35. The molecule has 0 aliphatic carbocycles. The van der Waals surface area contributed by atoms with Gasteiger partial charge in [0.15, 0.2) is 0 Å². The summed E-state index contributed by atoms with van der Waals surface area (Å²) < 4.78 is 5.26. The number of benzene rings is 2. The number of carbonyl (C=O) groups is 2. The molecule has 2 heterocycles. The van der Waals surface area contributed by atoms with Crippen molar-refractivity contribution in [2.45, 2.75) is 18.9 Å². The highest BCUT2D eigenvalue weighted by Crippen LogP contribution is 2.42. The minimum absolute atomic E-state index is 0.107. The van der Waals surface area contributed by atoms with Crippen LogP contribution in [0.4, 0.5) is 5.82 Å². The number of aryl methyl sites for hydroxylation is 1. The normalized spacial score (nSPS) is 18.0. The van der Waals surface area contributed by atoms with Crippen LogP contribution < -0.4 is 10.1 Å². The van der Waals surface area contributed by atoms with E-state index in [-0.39, 0.29) is 11.8 Å². The van der Waals surface area contributed by atoms with Crippen LogP contribution in [0.5, 0.6) is 5.75 Å². The molecular weight excluding hydrogens is 378 g/mol. The molecule has 1 aromatic heterocycles. The number of hydrogen-bond acceptors (Lipinski definition) is 4. The molecule has 3 aromatic rings. The lowest BCUT2D eigenvalue weighted by atomic mass is 9.79. The van der Waals surface area contributed by atoms with E-state index in [0.29, 0.717) is 22.7 Å². The summed E-state index contributed by atoms with van der Waals surface area (Å²) in [6.45, 7) is 1.87. The van der Waals surface area contributed by atoms with E-state index in [1.807, 2.05) is 61.5 Å². The number of rotatable bonds is 4. The first kappa shape index (κ1) is 19.6. The average Bonchev–Trinajstić information content (AvgIpc) is 2.76. The number of pyridine rings is 1. The third-order valence-electron chi connectivity index (χ3n) is 5.46. The molecule has 0 radical (unpaired) electrons. The van der Waals surface area contributed by atoms with Gasteiger partial charge in [-0.2, -0.15) is 0 Å². The Bertz CT molecular complexity index is 1090. The quantitative estimate of drug-likeness (QED) is 0.719. The summed E-state index contributed by atoms with van der Waals surface area (Å²) in [5.41, 5.74) is 2.93. The van der Waals surface area contributed by atoms with Crippen molar-refractivity contribution in [3.8, 4) is 5.75 Å². The number of nitrogens with zero attached hydrogens (tertiary/aromatic N) is 2. The molecule has 30 heavy (non-hydrogen) atoms. The molecule has 0 fully saturated rings. The molecule has 6 nitrogen and oxygen atoms in total. The summed E-state index contributed by atoms with van der Waals surface area (Å²) >= 11 is 0. The molecule has 2 aromatic carbocycles. The second-order valence-electron chi connectivity index (χ2n) is 7.35. The van der Waals surface area contributed by atoms with Crippen molar-refractivity contribution in [1.82, 2.24) is 9.88 Å². The number of likely N-dealkylation sites (N-methyl/N-ethyl adjacent to an activating group) is 1. The zero-order chi connectivity index (χ0) is 21.3. The van der Waals surface area contributed by atoms with Gasteiger partial charge in [0.25, 0.3) is 5.91 Å². The first-order chi connectivity index (χ1) is 14.5. The summed E-state index contributed by atoms with van der Waals surface area (Å²) in [6.07, 6.45) is 0. The average molecular weight is 401 g/mol. The molecule has 0 spiro atoms. The highest BCUT2D eigenvalue weighted by Gasteiger charge is 2.42.